The van der Waals surface area contributed by atoms with E-state index in [1.54, 1.807) is 10.9 Å². The van der Waals surface area contributed by atoms with E-state index in [1.165, 1.54) is 19.4 Å². The summed E-state index contributed by atoms with van der Waals surface area (Å²) in [7, 11) is 0. The number of aliphatic hydroxyl groups is 1. The first-order chi connectivity index (χ1) is 40.7. The van der Waals surface area contributed by atoms with Gasteiger partial charge in [0.1, 0.15) is 24.2 Å². The fraction of sp³-hybridized carbons (Fsp3) is 0.759. The summed E-state index contributed by atoms with van der Waals surface area (Å²) in [6.45, 7) is 6.30. The predicted molar refractivity (Wildman–Crippen MR) is 309 cm³/mol. The number of unbranched alkanes of at least 4 members (excludes halogenated alkanes) is 2. The molecule has 4 aliphatic rings. The Hall–Kier alpha value is -6.02. The molecule has 3 fully saturated rings. The molecule has 4 aliphatic heterocycles. The molecule has 84 heavy (non-hydrogen) atoms. The van der Waals surface area contributed by atoms with Crippen LogP contribution in [0.3, 0.4) is 0 Å². The van der Waals surface area contributed by atoms with Crippen LogP contribution in [0.25, 0.3) is 0 Å². The Morgan fingerprint density at radius 1 is 0.774 bits per heavy atom. The number of imidazole rings is 1. The third-order valence-electron chi connectivity index (χ3n) is 15.1. The summed E-state index contributed by atoms with van der Waals surface area (Å²) < 4.78 is 18.6. The third-order valence-corrected chi connectivity index (χ3v) is 16.6. The molecule has 10 atom stereocenters. The zero-order valence-corrected chi connectivity index (χ0v) is 49.3. The van der Waals surface area contributed by atoms with Gasteiger partial charge in [-0.25, -0.2) is 9.78 Å². The van der Waals surface area contributed by atoms with Crippen LogP contribution in [-0.2, 0) is 67.2 Å². The number of fused-ring (bicyclic) bond motifs is 4. The monoisotopic (exact) mass is 1200 g/mol. The van der Waals surface area contributed by atoms with E-state index in [2.05, 4.69) is 68.1 Å². The van der Waals surface area contributed by atoms with Gasteiger partial charge in [-0.3, -0.25) is 43.1 Å². The first-order valence-electron chi connectivity index (χ1n) is 29.9. The van der Waals surface area contributed by atoms with Crippen LogP contribution in [0.4, 0.5) is 4.79 Å². The molecular formula is C54H91N17O12S. The maximum Gasteiger partial charge on any atom is 0.315 e. The highest BCUT2D eigenvalue weighted by molar-refractivity contribution is 8.00. The standard InChI is InChI=1S/C54H91N17O12S/c1-35(72)46-53(79)63-40(11-4-6-16-55)51(77)64-41(30-36-31-57-34-61-36)50(76)60-19-22-70-20-8-13-43(70)52(78)62-39(12-5-7-21-71-32-37(68-69-71)29-38(56)48(74)66-46)49(75)59-18-10-24-82-26-28-83-27-25-81-23-9-17-58-45(73)15-3-2-14-44-47-42(33-84-44)65-54(80)67-47/h31-32,34-35,38-44,46-47,72H,2-30,33,55-56H2,1H3,(H,57,61)(H,58,73)(H,59,75)(H,60,76)(H,62,78)(H,63,79)(H,64,77)(H,66,74)(H2,65,67,80)/t35-,38-,39-,40-,41-,42+,43?,44?,46-,47+/m0/s1. The van der Waals surface area contributed by atoms with Crippen molar-refractivity contribution in [2.45, 2.75) is 176 Å². The highest BCUT2D eigenvalue weighted by Crippen LogP contribution is 2.33. The summed E-state index contributed by atoms with van der Waals surface area (Å²) in [4.78, 5) is 116. The van der Waals surface area contributed by atoms with Crippen LogP contribution >= 0.6 is 11.8 Å². The second-order valence-corrected chi connectivity index (χ2v) is 23.1. The van der Waals surface area contributed by atoms with Crippen molar-refractivity contribution in [3.63, 3.8) is 0 Å². The number of urea groups is 1. The molecule has 2 unspecified atom stereocenters. The second kappa shape index (κ2) is 36.7. The molecule has 2 aromatic heterocycles. The molecule has 2 bridgehead atoms. The van der Waals surface area contributed by atoms with Crippen molar-refractivity contribution in [1.82, 2.24) is 77.7 Å². The number of H-pyrrole nitrogens is 1. The Morgan fingerprint density at radius 2 is 1.51 bits per heavy atom. The Balaban J connectivity index is 0.937. The van der Waals surface area contributed by atoms with E-state index >= 15 is 0 Å². The van der Waals surface area contributed by atoms with Gasteiger partial charge in [-0.15, -0.1) is 5.10 Å². The van der Waals surface area contributed by atoms with Gasteiger partial charge in [0.15, 0.2) is 0 Å². The minimum atomic E-state index is -1.49. The number of thioether (sulfide) groups is 1. The first-order valence-corrected chi connectivity index (χ1v) is 30.9. The quantitative estimate of drug-likeness (QED) is 0.0316. The summed E-state index contributed by atoms with van der Waals surface area (Å²) in [6, 6.07) is -6.10. The number of nitrogens with zero attached hydrogens (tertiary/aromatic N) is 5. The number of nitrogens with two attached hydrogens (primary N) is 2. The zero-order valence-electron chi connectivity index (χ0n) is 48.5. The molecular weight excluding hydrogens is 1110 g/mol. The lowest BCUT2D eigenvalue weighted by Gasteiger charge is -2.28. The fourth-order valence-electron chi connectivity index (χ4n) is 10.5. The molecule has 6 heterocycles. The molecule has 2 aromatic rings. The topological polar surface area (TPSA) is 407 Å². The zero-order chi connectivity index (χ0) is 60.1. The molecule has 0 radical (unpaired) electrons. The van der Waals surface area contributed by atoms with Gasteiger partial charge in [0, 0.05) is 94.3 Å². The molecule has 29 nitrogen and oxygen atoms in total. The molecule has 15 N–H and O–H groups in total. The number of amides is 9. The van der Waals surface area contributed by atoms with Crippen molar-refractivity contribution in [3.05, 3.63) is 30.1 Å². The van der Waals surface area contributed by atoms with Crippen molar-refractivity contribution in [2.75, 3.05) is 84.7 Å². The molecule has 0 spiro atoms. The number of ether oxygens (including phenoxy) is 3. The summed E-state index contributed by atoms with van der Waals surface area (Å²) in [5.41, 5.74) is 13.0. The maximum absolute atomic E-state index is 14.0. The Labute approximate surface area is 495 Å². The van der Waals surface area contributed by atoms with Crippen LogP contribution in [0.15, 0.2) is 18.7 Å². The van der Waals surface area contributed by atoms with E-state index in [9.17, 15) is 43.5 Å². The van der Waals surface area contributed by atoms with Crippen molar-refractivity contribution in [2.24, 2.45) is 11.5 Å². The minimum Gasteiger partial charge on any atom is -0.391 e. The predicted octanol–water partition coefficient (Wildman–Crippen LogP) is -2.88. The smallest absolute Gasteiger partial charge is 0.315 e. The number of nitrogens with one attached hydrogen (secondary N) is 10. The van der Waals surface area contributed by atoms with Crippen LogP contribution in [0.2, 0.25) is 0 Å². The number of carbonyl (C=O) groups is 8. The Bertz CT molecular complexity index is 2370. The average Bonchev–Trinajstić information content (AvgIpc) is 4.52. The molecule has 3 saturated heterocycles. The van der Waals surface area contributed by atoms with E-state index in [1.807, 2.05) is 16.7 Å². The van der Waals surface area contributed by atoms with E-state index in [-0.39, 0.29) is 61.6 Å². The number of aryl methyl sites for hydroxylation is 1. The highest BCUT2D eigenvalue weighted by atomic mass is 32.2. The fourth-order valence-corrected chi connectivity index (χ4v) is 12.0. The van der Waals surface area contributed by atoms with Crippen LogP contribution < -0.4 is 59.3 Å². The van der Waals surface area contributed by atoms with Crippen molar-refractivity contribution in [3.8, 4) is 0 Å². The van der Waals surface area contributed by atoms with Crippen molar-refractivity contribution in [1.29, 1.82) is 0 Å². The van der Waals surface area contributed by atoms with Crippen molar-refractivity contribution >= 4 is 59.1 Å². The number of aromatic amines is 1. The molecule has 0 aliphatic carbocycles. The van der Waals surface area contributed by atoms with Crippen LogP contribution in [0, 0.1) is 0 Å². The van der Waals surface area contributed by atoms with Gasteiger partial charge < -0.3 is 83.6 Å². The molecule has 6 rings (SSSR count). The van der Waals surface area contributed by atoms with Gasteiger partial charge in [0.25, 0.3) is 0 Å². The molecule has 9 amide bonds. The van der Waals surface area contributed by atoms with Crippen LogP contribution in [0.5, 0.6) is 0 Å². The van der Waals surface area contributed by atoms with Gasteiger partial charge in [-0.2, -0.15) is 11.8 Å². The van der Waals surface area contributed by atoms with E-state index < -0.39 is 66.0 Å². The number of carbonyl (C=O) groups excluding carboxylic acids is 8. The normalized spacial score (nSPS) is 25.6. The van der Waals surface area contributed by atoms with Gasteiger partial charge in [0.05, 0.1) is 68.7 Å². The minimum absolute atomic E-state index is 0.0234. The first kappa shape index (κ1) is 67.1. The number of hydrogen-bond donors (Lipinski definition) is 13. The average molecular weight is 1200 g/mol. The number of aliphatic hydroxyl groups excluding tert-OH is 1. The lowest BCUT2D eigenvalue weighted by molar-refractivity contribution is -0.135. The summed E-state index contributed by atoms with van der Waals surface area (Å²) >= 11 is 1.88. The van der Waals surface area contributed by atoms with E-state index in [0.29, 0.717) is 153 Å². The summed E-state index contributed by atoms with van der Waals surface area (Å²) in [5.74, 6) is -2.48. The number of hydrogen-bond acceptors (Lipinski definition) is 19. The molecule has 470 valence electrons. The van der Waals surface area contributed by atoms with Gasteiger partial charge in [0.2, 0.25) is 41.4 Å². The van der Waals surface area contributed by atoms with E-state index in [4.69, 9.17) is 25.7 Å². The van der Waals surface area contributed by atoms with Gasteiger partial charge >= 0.3 is 6.03 Å². The number of aromatic nitrogens is 5. The largest absolute Gasteiger partial charge is 0.391 e. The number of rotatable bonds is 27. The van der Waals surface area contributed by atoms with Crippen LogP contribution in [-0.4, -0.2) is 227 Å². The van der Waals surface area contributed by atoms with Crippen LogP contribution in [0.1, 0.15) is 108 Å². The molecule has 0 saturated carbocycles. The SMILES string of the molecule is C[C@H](O)[C@@H]1NC(=O)[C@@H](N)Cc2cn(nn2)CCCC[C@@H](C(=O)NCCCOCCOCCOCCCNC(=O)CCCCC2SC[C@H]3NC(=O)N[C@@H]23)NC(=O)C2CCCN2CCNC(=O)[C@H](Cc2cnc[nH]2)NC(=O)[C@H](CCCCN)NC1=O. The lowest BCUT2D eigenvalue weighted by atomic mass is 10.0. The summed E-state index contributed by atoms with van der Waals surface area (Å²) in [6.07, 6.45) is 11.4. The van der Waals surface area contributed by atoms with Gasteiger partial charge in [-0.05, 0) is 97.1 Å². The summed E-state index contributed by atoms with van der Waals surface area (Å²) in [5, 5.41) is 45.1. The molecule has 0 aromatic carbocycles. The Kier molecular flexibility index (Phi) is 29.4. The maximum atomic E-state index is 14.0. The highest BCUT2D eigenvalue weighted by Gasteiger charge is 2.43. The van der Waals surface area contributed by atoms with E-state index in [0.717, 1.165) is 31.4 Å². The lowest BCUT2D eigenvalue weighted by Crippen LogP contribution is -2.60. The molecule has 30 heteroatoms. The van der Waals surface area contributed by atoms with Crippen molar-refractivity contribution < 1.29 is 57.7 Å². The Morgan fingerprint density at radius 3 is 2.25 bits per heavy atom. The van der Waals surface area contributed by atoms with Gasteiger partial charge in [-0.1, -0.05) is 11.6 Å². The third kappa shape index (κ3) is 23.1. The second-order valence-electron chi connectivity index (χ2n) is 21.8.